The Balaban J connectivity index is 1.65. The minimum Gasteiger partial charge on any atom is -0.332 e. The van der Waals surface area contributed by atoms with E-state index in [0.717, 1.165) is 28.4 Å². The average molecular weight is 422 g/mol. The molecule has 2 atom stereocenters. The zero-order valence-electron chi connectivity index (χ0n) is 18.1. The molecule has 2 aliphatic heterocycles. The molecule has 1 aromatic rings. The van der Waals surface area contributed by atoms with Crippen LogP contribution in [0.3, 0.4) is 0 Å². The number of halogens is 1. The molecule has 160 valence electrons. The molecule has 29 heavy (non-hydrogen) atoms. The number of hydrogen-bond donors (Lipinski definition) is 3. The van der Waals surface area contributed by atoms with Gasteiger partial charge in [-0.3, -0.25) is 0 Å². The van der Waals surface area contributed by atoms with Crippen LogP contribution >= 0.6 is 11.6 Å². The molecule has 2 fully saturated rings. The van der Waals surface area contributed by atoms with E-state index in [0.29, 0.717) is 12.3 Å². The summed E-state index contributed by atoms with van der Waals surface area (Å²) >= 11 is 6.24. The summed E-state index contributed by atoms with van der Waals surface area (Å²) in [5, 5.41) is 9.42. The van der Waals surface area contributed by atoms with Gasteiger partial charge in [-0.15, -0.1) is 5.12 Å². The zero-order valence-corrected chi connectivity index (χ0v) is 18.9. The van der Waals surface area contributed by atoms with E-state index in [1.807, 2.05) is 45.0 Å². The van der Waals surface area contributed by atoms with Crippen LogP contribution in [0.2, 0.25) is 5.02 Å². The largest absolute Gasteiger partial charge is 0.343 e. The number of nitrogens with one attached hydrogen (secondary N) is 3. The summed E-state index contributed by atoms with van der Waals surface area (Å²) in [5.74, 6) is 0.454. The molecule has 0 bridgehead atoms. The number of imide groups is 1. The number of rotatable bonds is 6. The highest BCUT2D eigenvalue weighted by molar-refractivity contribution is 6.31. The smallest absolute Gasteiger partial charge is 0.332 e. The average Bonchev–Trinajstić information content (AvgIpc) is 2.81. The first-order valence-corrected chi connectivity index (χ1v) is 10.5. The third kappa shape index (κ3) is 3.96. The molecule has 4 amide bonds. The summed E-state index contributed by atoms with van der Waals surface area (Å²) in [6, 6.07) is 6.82. The minimum absolute atomic E-state index is 0.314. The van der Waals surface area contributed by atoms with Crippen LogP contribution in [0, 0.1) is 5.92 Å². The molecule has 2 saturated heterocycles. The van der Waals surface area contributed by atoms with E-state index in [4.69, 9.17) is 11.6 Å². The first-order chi connectivity index (χ1) is 13.4. The number of benzene rings is 1. The number of carbonyl (C=O) groups is 2. The maximum Gasteiger partial charge on any atom is 0.343 e. The van der Waals surface area contributed by atoms with E-state index >= 15 is 0 Å². The molecule has 2 unspecified atom stereocenters. The Kier molecular flexibility index (Phi) is 5.62. The van der Waals surface area contributed by atoms with Crippen molar-refractivity contribution in [2.75, 3.05) is 0 Å². The number of hydrogen-bond acceptors (Lipinski definition) is 4. The third-order valence-corrected chi connectivity index (χ3v) is 6.39. The van der Waals surface area contributed by atoms with Crippen LogP contribution in [0.25, 0.3) is 0 Å². The van der Waals surface area contributed by atoms with Crippen LogP contribution in [-0.4, -0.2) is 38.9 Å². The van der Waals surface area contributed by atoms with Crippen LogP contribution in [0.4, 0.5) is 9.59 Å². The first-order valence-electron chi connectivity index (χ1n) is 10.1. The molecule has 3 rings (SSSR count). The van der Waals surface area contributed by atoms with E-state index < -0.39 is 23.3 Å². The van der Waals surface area contributed by atoms with Gasteiger partial charge in [-0.05, 0) is 64.5 Å². The number of carbonyl (C=O) groups excluding carboxylic acids is 2. The van der Waals surface area contributed by atoms with Crippen LogP contribution < -0.4 is 16.1 Å². The van der Waals surface area contributed by atoms with Gasteiger partial charge in [-0.2, -0.15) is 5.01 Å². The van der Waals surface area contributed by atoms with Gasteiger partial charge < -0.3 is 10.6 Å². The van der Waals surface area contributed by atoms with Gasteiger partial charge in [-0.25, -0.2) is 15.0 Å². The number of urea groups is 2. The van der Waals surface area contributed by atoms with Gasteiger partial charge >= 0.3 is 12.1 Å². The predicted octanol–water partition coefficient (Wildman–Crippen LogP) is 4.04. The molecule has 0 aromatic heterocycles. The van der Waals surface area contributed by atoms with Gasteiger partial charge in [0.15, 0.2) is 0 Å². The Bertz CT molecular complexity index is 814. The summed E-state index contributed by atoms with van der Waals surface area (Å²) in [5.41, 5.74) is 2.87. The standard InChI is InChI=1S/C21H32ClN5O2/c1-14(2)13-20(5)21(6)24-18(29)26(27(21)25-20)17(28)23-19(3,4)12-11-15-9-7-8-10-16(15)22/h7-10,14,25H,11-13H2,1-6H3,(H,23,28)(H,24,29). The van der Waals surface area contributed by atoms with Crippen molar-refractivity contribution in [3.63, 3.8) is 0 Å². The number of fused-ring (bicyclic) bond motifs is 1. The summed E-state index contributed by atoms with van der Waals surface area (Å²) in [6.07, 6.45) is 2.29. The van der Waals surface area contributed by atoms with E-state index in [-0.39, 0.29) is 5.54 Å². The maximum atomic E-state index is 13.0. The fourth-order valence-electron chi connectivity index (χ4n) is 4.23. The molecular formula is C21H32ClN5O2. The molecule has 0 saturated carbocycles. The lowest BCUT2D eigenvalue weighted by Gasteiger charge is -2.60. The molecule has 8 heteroatoms. The Labute approximate surface area is 178 Å². The summed E-state index contributed by atoms with van der Waals surface area (Å²) in [7, 11) is 0. The van der Waals surface area contributed by atoms with Crippen LogP contribution in [0.5, 0.6) is 0 Å². The molecule has 0 radical (unpaired) electrons. The maximum absolute atomic E-state index is 13.0. The molecule has 3 N–H and O–H groups in total. The van der Waals surface area contributed by atoms with Gasteiger partial charge in [0, 0.05) is 10.6 Å². The third-order valence-electron chi connectivity index (χ3n) is 6.02. The highest BCUT2D eigenvalue weighted by Crippen LogP contribution is 2.43. The molecular weight excluding hydrogens is 390 g/mol. The van der Waals surface area contributed by atoms with Gasteiger partial charge in [0.2, 0.25) is 0 Å². The lowest BCUT2D eigenvalue weighted by atomic mass is 9.77. The van der Waals surface area contributed by atoms with Crippen molar-refractivity contribution < 1.29 is 9.59 Å². The lowest BCUT2D eigenvalue weighted by molar-refractivity contribution is -0.222. The fraction of sp³-hybridized carbons (Fsp3) is 0.619. The predicted molar refractivity (Wildman–Crippen MR) is 114 cm³/mol. The molecule has 2 heterocycles. The number of amides is 4. The topological polar surface area (TPSA) is 76.7 Å². The summed E-state index contributed by atoms with van der Waals surface area (Å²) < 4.78 is 0. The van der Waals surface area contributed by atoms with Gasteiger partial charge in [0.1, 0.15) is 5.66 Å². The fourth-order valence-corrected chi connectivity index (χ4v) is 4.46. The van der Waals surface area contributed by atoms with Gasteiger partial charge in [0.05, 0.1) is 5.54 Å². The Morgan fingerprint density at radius 1 is 1.28 bits per heavy atom. The highest BCUT2D eigenvalue weighted by atomic mass is 35.5. The van der Waals surface area contributed by atoms with Crippen molar-refractivity contribution >= 4 is 23.7 Å². The van der Waals surface area contributed by atoms with Crippen LogP contribution in [0.1, 0.15) is 59.9 Å². The minimum atomic E-state index is -0.645. The van der Waals surface area contributed by atoms with Crippen molar-refractivity contribution in [1.29, 1.82) is 0 Å². The van der Waals surface area contributed by atoms with Gasteiger partial charge in [0.25, 0.3) is 0 Å². The Morgan fingerprint density at radius 2 is 1.93 bits per heavy atom. The second kappa shape index (κ2) is 7.45. The first kappa shape index (κ1) is 21.9. The monoisotopic (exact) mass is 421 g/mol. The number of aryl methyl sites for hydroxylation is 1. The van der Waals surface area contributed by atoms with Crippen LogP contribution in [-0.2, 0) is 6.42 Å². The van der Waals surface area contributed by atoms with E-state index in [2.05, 4.69) is 36.8 Å². The van der Waals surface area contributed by atoms with Crippen molar-refractivity contribution in [1.82, 2.24) is 26.2 Å². The second-order valence-corrected chi connectivity index (χ2v) is 9.98. The molecule has 0 spiro atoms. The quantitative estimate of drug-likeness (QED) is 0.647. The Morgan fingerprint density at radius 3 is 2.55 bits per heavy atom. The summed E-state index contributed by atoms with van der Waals surface area (Å²) in [4.78, 5) is 25.6. The van der Waals surface area contributed by atoms with E-state index in [9.17, 15) is 9.59 Å². The normalized spacial score (nSPS) is 26.9. The SMILES string of the molecule is CC(C)CC1(C)NN2N(C(=O)NC(C)(C)CCc3ccccc3Cl)C(=O)NC21C. The summed E-state index contributed by atoms with van der Waals surface area (Å²) in [6.45, 7) is 12.2. The molecule has 7 nitrogen and oxygen atoms in total. The molecule has 2 aliphatic rings. The van der Waals surface area contributed by atoms with E-state index in [1.54, 1.807) is 5.12 Å². The van der Waals surface area contributed by atoms with Crippen molar-refractivity contribution in [2.24, 2.45) is 5.92 Å². The second-order valence-electron chi connectivity index (χ2n) is 9.57. The molecule has 1 aromatic carbocycles. The highest BCUT2D eigenvalue weighted by Gasteiger charge is 2.68. The van der Waals surface area contributed by atoms with Gasteiger partial charge in [-0.1, -0.05) is 43.6 Å². The lowest BCUT2D eigenvalue weighted by Crippen LogP contribution is -2.87. The Hall–Kier alpha value is -1.83. The van der Waals surface area contributed by atoms with Crippen molar-refractivity contribution in [3.8, 4) is 0 Å². The van der Waals surface area contributed by atoms with Crippen LogP contribution in [0.15, 0.2) is 24.3 Å². The number of nitrogens with zero attached hydrogens (tertiary/aromatic N) is 2. The molecule has 0 aliphatic carbocycles. The van der Waals surface area contributed by atoms with Crippen molar-refractivity contribution in [2.45, 2.75) is 77.5 Å². The number of hydrazine groups is 2. The van der Waals surface area contributed by atoms with Crippen molar-refractivity contribution in [3.05, 3.63) is 34.9 Å². The van der Waals surface area contributed by atoms with E-state index in [1.165, 1.54) is 0 Å². The zero-order chi connectivity index (χ0) is 21.6.